The van der Waals surface area contributed by atoms with E-state index in [9.17, 15) is 13.2 Å². The number of aryl methyl sites for hydroxylation is 1. The average molecular weight is 279 g/mol. The van der Waals surface area contributed by atoms with Crippen molar-refractivity contribution in [3.63, 3.8) is 0 Å². The zero-order valence-corrected chi connectivity index (χ0v) is 11.2. The lowest BCUT2D eigenvalue weighted by Gasteiger charge is -2.11. The van der Waals surface area contributed by atoms with E-state index in [-0.39, 0.29) is 0 Å². The Morgan fingerprint density at radius 2 is 1.50 bits per heavy atom. The molecule has 0 saturated heterocycles. The summed E-state index contributed by atoms with van der Waals surface area (Å²) >= 11 is 0. The molecule has 0 amide bonds. The third-order valence-corrected chi connectivity index (χ3v) is 3.19. The van der Waals surface area contributed by atoms with Gasteiger partial charge in [-0.05, 0) is 41.8 Å². The van der Waals surface area contributed by atoms with Crippen molar-refractivity contribution in [3.05, 3.63) is 65.2 Å². The second-order valence-electron chi connectivity index (χ2n) is 4.55. The van der Waals surface area contributed by atoms with Gasteiger partial charge in [-0.15, -0.1) is 0 Å². The van der Waals surface area contributed by atoms with Gasteiger partial charge >= 0.3 is 6.18 Å². The summed E-state index contributed by atoms with van der Waals surface area (Å²) < 4.78 is 37.3. The summed E-state index contributed by atoms with van der Waals surface area (Å²) in [6.45, 7) is 2.69. The van der Waals surface area contributed by atoms with Crippen molar-refractivity contribution in [1.29, 1.82) is 0 Å². The minimum Gasteiger partial charge on any atom is -0.381 e. The predicted molar refractivity (Wildman–Crippen MR) is 74.6 cm³/mol. The highest BCUT2D eigenvalue weighted by Gasteiger charge is 2.29. The summed E-state index contributed by atoms with van der Waals surface area (Å²) in [6, 6.07) is 13.1. The third kappa shape index (κ3) is 3.53. The summed E-state index contributed by atoms with van der Waals surface area (Å²) in [5, 5.41) is 3.15. The molecule has 4 heteroatoms. The molecule has 0 unspecified atom stereocenters. The van der Waals surface area contributed by atoms with E-state index in [1.54, 1.807) is 0 Å². The molecule has 0 radical (unpaired) electrons. The van der Waals surface area contributed by atoms with Gasteiger partial charge in [0.1, 0.15) is 0 Å². The van der Waals surface area contributed by atoms with Crippen LogP contribution in [0.1, 0.15) is 23.6 Å². The second kappa shape index (κ2) is 5.99. The van der Waals surface area contributed by atoms with Gasteiger partial charge in [0.25, 0.3) is 0 Å². The zero-order chi connectivity index (χ0) is 14.6. The van der Waals surface area contributed by atoms with Crippen LogP contribution in [0.2, 0.25) is 0 Å². The first kappa shape index (κ1) is 14.4. The Morgan fingerprint density at radius 3 is 2.05 bits per heavy atom. The topological polar surface area (TPSA) is 12.0 Å². The van der Waals surface area contributed by atoms with Crippen LogP contribution in [0.4, 0.5) is 18.9 Å². The fourth-order valence-electron chi connectivity index (χ4n) is 2.05. The van der Waals surface area contributed by atoms with Crippen LogP contribution < -0.4 is 5.32 Å². The molecule has 2 rings (SSSR count). The maximum Gasteiger partial charge on any atom is 0.416 e. The minimum atomic E-state index is -4.28. The molecule has 0 bridgehead atoms. The molecule has 0 heterocycles. The van der Waals surface area contributed by atoms with Gasteiger partial charge in [-0.3, -0.25) is 0 Å². The van der Waals surface area contributed by atoms with Gasteiger partial charge in [0.05, 0.1) is 5.56 Å². The summed E-state index contributed by atoms with van der Waals surface area (Å²) in [6.07, 6.45) is -3.35. The van der Waals surface area contributed by atoms with Crippen molar-refractivity contribution in [2.24, 2.45) is 0 Å². The van der Waals surface area contributed by atoms with Crippen molar-refractivity contribution in [1.82, 2.24) is 0 Å². The standard InChI is InChI=1S/C16H16F3N/c1-2-12-5-3-4-6-13(12)11-20-15-9-7-14(8-10-15)16(17,18)19/h3-10,20H,2,11H2,1H3. The molecule has 20 heavy (non-hydrogen) atoms. The van der Waals surface area contributed by atoms with E-state index in [1.165, 1.54) is 17.7 Å². The third-order valence-electron chi connectivity index (χ3n) is 3.19. The Morgan fingerprint density at radius 1 is 0.900 bits per heavy atom. The predicted octanol–water partition coefficient (Wildman–Crippen LogP) is 4.88. The van der Waals surface area contributed by atoms with Crippen molar-refractivity contribution < 1.29 is 13.2 Å². The molecule has 0 saturated carbocycles. The summed E-state index contributed by atoms with van der Waals surface area (Å²) in [5.41, 5.74) is 2.46. The van der Waals surface area contributed by atoms with Crippen LogP contribution in [0.5, 0.6) is 0 Å². The molecule has 0 spiro atoms. The van der Waals surface area contributed by atoms with Gasteiger partial charge in [0.2, 0.25) is 0 Å². The Bertz CT molecular complexity index is 559. The van der Waals surface area contributed by atoms with Gasteiger partial charge in [-0.25, -0.2) is 0 Å². The van der Waals surface area contributed by atoms with Crippen LogP contribution >= 0.6 is 0 Å². The normalized spacial score (nSPS) is 11.4. The van der Waals surface area contributed by atoms with Crippen molar-refractivity contribution in [3.8, 4) is 0 Å². The van der Waals surface area contributed by atoms with Gasteiger partial charge in [0, 0.05) is 12.2 Å². The molecule has 0 fully saturated rings. The average Bonchev–Trinajstić information content (AvgIpc) is 2.45. The van der Waals surface area contributed by atoms with Gasteiger partial charge in [-0.1, -0.05) is 31.2 Å². The number of alkyl halides is 3. The van der Waals surface area contributed by atoms with Gasteiger partial charge in [-0.2, -0.15) is 13.2 Å². The molecule has 0 aliphatic rings. The first-order chi connectivity index (χ1) is 9.50. The monoisotopic (exact) mass is 279 g/mol. The maximum absolute atomic E-state index is 12.4. The lowest BCUT2D eigenvalue weighted by atomic mass is 10.1. The summed E-state index contributed by atoms with van der Waals surface area (Å²) in [5.74, 6) is 0. The highest BCUT2D eigenvalue weighted by atomic mass is 19.4. The largest absolute Gasteiger partial charge is 0.416 e. The Kier molecular flexibility index (Phi) is 4.32. The summed E-state index contributed by atoms with van der Waals surface area (Å²) in [7, 11) is 0. The van der Waals surface area contributed by atoms with Crippen molar-refractivity contribution in [2.75, 3.05) is 5.32 Å². The molecule has 1 N–H and O–H groups in total. The molecular formula is C16H16F3N. The minimum absolute atomic E-state index is 0.607. The first-order valence-corrected chi connectivity index (χ1v) is 6.48. The van der Waals surface area contributed by atoms with Crippen LogP contribution in [0.15, 0.2) is 48.5 Å². The molecule has 1 nitrogen and oxygen atoms in total. The lowest BCUT2D eigenvalue weighted by molar-refractivity contribution is -0.137. The molecule has 0 aliphatic heterocycles. The molecule has 0 aromatic heterocycles. The fraction of sp³-hybridized carbons (Fsp3) is 0.250. The molecule has 2 aromatic carbocycles. The van der Waals surface area contributed by atoms with E-state index in [1.807, 2.05) is 18.2 Å². The maximum atomic E-state index is 12.4. The number of hydrogen-bond acceptors (Lipinski definition) is 1. The van der Waals surface area contributed by atoms with E-state index in [0.717, 1.165) is 24.1 Å². The fourth-order valence-corrected chi connectivity index (χ4v) is 2.05. The van der Waals surface area contributed by atoms with Crippen molar-refractivity contribution in [2.45, 2.75) is 26.1 Å². The number of halogens is 3. The van der Waals surface area contributed by atoms with Crippen LogP contribution in [0.25, 0.3) is 0 Å². The number of anilines is 1. The van der Waals surface area contributed by atoms with Gasteiger partial charge < -0.3 is 5.32 Å². The van der Waals surface area contributed by atoms with E-state index in [0.29, 0.717) is 12.2 Å². The Hall–Kier alpha value is -1.97. The highest BCUT2D eigenvalue weighted by molar-refractivity contribution is 5.46. The number of benzene rings is 2. The van der Waals surface area contributed by atoms with Gasteiger partial charge in [0.15, 0.2) is 0 Å². The zero-order valence-electron chi connectivity index (χ0n) is 11.2. The van der Waals surface area contributed by atoms with Crippen LogP contribution in [-0.4, -0.2) is 0 Å². The molecular weight excluding hydrogens is 263 g/mol. The smallest absolute Gasteiger partial charge is 0.381 e. The lowest BCUT2D eigenvalue weighted by Crippen LogP contribution is -2.06. The van der Waals surface area contributed by atoms with Crippen molar-refractivity contribution >= 4 is 5.69 Å². The first-order valence-electron chi connectivity index (χ1n) is 6.48. The Balaban J connectivity index is 2.04. The molecule has 0 atom stereocenters. The molecule has 0 aliphatic carbocycles. The Labute approximate surface area is 116 Å². The number of nitrogens with one attached hydrogen (secondary N) is 1. The molecule has 106 valence electrons. The second-order valence-corrected chi connectivity index (χ2v) is 4.55. The van der Waals surface area contributed by atoms with E-state index < -0.39 is 11.7 Å². The molecule has 2 aromatic rings. The number of hydrogen-bond donors (Lipinski definition) is 1. The van der Waals surface area contributed by atoms with Crippen LogP contribution in [0, 0.1) is 0 Å². The quantitative estimate of drug-likeness (QED) is 0.841. The van der Waals surface area contributed by atoms with Crippen LogP contribution in [0.3, 0.4) is 0 Å². The van der Waals surface area contributed by atoms with E-state index >= 15 is 0 Å². The number of rotatable bonds is 4. The van der Waals surface area contributed by atoms with E-state index in [4.69, 9.17) is 0 Å². The SMILES string of the molecule is CCc1ccccc1CNc1ccc(C(F)(F)F)cc1. The highest BCUT2D eigenvalue weighted by Crippen LogP contribution is 2.29. The summed E-state index contributed by atoms with van der Waals surface area (Å²) in [4.78, 5) is 0. The van der Waals surface area contributed by atoms with Crippen LogP contribution in [-0.2, 0) is 19.1 Å². The van der Waals surface area contributed by atoms with E-state index in [2.05, 4.69) is 18.3 Å².